The molecule has 1 aliphatic heterocycles. The highest BCUT2D eigenvalue weighted by Gasteiger charge is 2.32. The van der Waals surface area contributed by atoms with Crippen LogP contribution in [-0.4, -0.2) is 31.9 Å². The van der Waals surface area contributed by atoms with Crippen molar-refractivity contribution in [1.29, 1.82) is 0 Å². The molecular formula is C13H20N2O2S. The van der Waals surface area contributed by atoms with Gasteiger partial charge >= 0.3 is 0 Å². The van der Waals surface area contributed by atoms with Crippen LogP contribution in [0.3, 0.4) is 0 Å². The molecule has 0 amide bonds. The molecular weight excluding hydrogens is 248 g/mol. The lowest BCUT2D eigenvalue weighted by molar-refractivity contribution is 0.471. The number of nitrogens with zero attached hydrogens (tertiary/aromatic N) is 1. The number of nitrogens with two attached hydrogens (primary N) is 1. The first kappa shape index (κ1) is 13.5. The van der Waals surface area contributed by atoms with E-state index in [9.17, 15) is 8.42 Å². The van der Waals surface area contributed by atoms with E-state index in [1.807, 2.05) is 32.9 Å². The summed E-state index contributed by atoms with van der Waals surface area (Å²) in [6, 6.07) is 3.79. The summed E-state index contributed by atoms with van der Waals surface area (Å²) < 4.78 is 26.7. The van der Waals surface area contributed by atoms with E-state index in [-0.39, 0.29) is 6.04 Å². The molecule has 1 aromatic carbocycles. The molecule has 2 rings (SSSR count). The maximum atomic E-state index is 12.6. The zero-order chi connectivity index (χ0) is 13.5. The average molecular weight is 268 g/mol. The Hall–Kier alpha value is -0.910. The van der Waals surface area contributed by atoms with E-state index in [0.29, 0.717) is 18.0 Å². The van der Waals surface area contributed by atoms with Crippen LogP contribution in [0.2, 0.25) is 0 Å². The van der Waals surface area contributed by atoms with E-state index < -0.39 is 10.0 Å². The molecule has 2 N–H and O–H groups in total. The first-order chi connectivity index (χ1) is 8.32. The SMILES string of the molecule is Cc1cc(C)c(S(=O)(=O)N2CC[C@H](N)C2)c(C)c1. The molecule has 0 spiro atoms. The van der Waals surface area contributed by atoms with Crippen molar-refractivity contribution >= 4 is 10.0 Å². The molecule has 4 nitrogen and oxygen atoms in total. The minimum Gasteiger partial charge on any atom is -0.326 e. The largest absolute Gasteiger partial charge is 0.326 e. The van der Waals surface area contributed by atoms with Crippen molar-refractivity contribution in [2.75, 3.05) is 13.1 Å². The third kappa shape index (κ3) is 2.30. The predicted octanol–water partition coefficient (Wildman–Crippen LogP) is 1.33. The van der Waals surface area contributed by atoms with Crippen LogP contribution < -0.4 is 5.73 Å². The topological polar surface area (TPSA) is 63.4 Å². The van der Waals surface area contributed by atoms with Crippen molar-refractivity contribution in [2.45, 2.75) is 38.1 Å². The fraction of sp³-hybridized carbons (Fsp3) is 0.538. The van der Waals surface area contributed by atoms with E-state index in [4.69, 9.17) is 5.73 Å². The van der Waals surface area contributed by atoms with E-state index in [1.54, 1.807) is 0 Å². The molecule has 1 saturated heterocycles. The molecule has 1 heterocycles. The Kier molecular flexibility index (Phi) is 3.49. The van der Waals surface area contributed by atoms with Gasteiger partial charge in [0.2, 0.25) is 10.0 Å². The number of aryl methyl sites for hydroxylation is 3. The third-order valence-electron chi connectivity index (χ3n) is 3.39. The number of sulfonamides is 1. The Morgan fingerprint density at radius 2 is 1.78 bits per heavy atom. The van der Waals surface area contributed by atoms with Crippen LogP contribution >= 0.6 is 0 Å². The molecule has 18 heavy (non-hydrogen) atoms. The second-order valence-electron chi connectivity index (χ2n) is 5.14. The molecule has 0 bridgehead atoms. The highest BCUT2D eigenvalue weighted by Crippen LogP contribution is 2.27. The zero-order valence-electron chi connectivity index (χ0n) is 11.1. The van der Waals surface area contributed by atoms with Crippen LogP contribution in [0.25, 0.3) is 0 Å². The van der Waals surface area contributed by atoms with Gasteiger partial charge in [-0.3, -0.25) is 0 Å². The number of hydrogen-bond donors (Lipinski definition) is 1. The maximum absolute atomic E-state index is 12.6. The molecule has 1 fully saturated rings. The molecule has 100 valence electrons. The second-order valence-corrected chi connectivity index (χ2v) is 7.01. The Morgan fingerprint density at radius 1 is 1.22 bits per heavy atom. The van der Waals surface area contributed by atoms with Crippen LogP contribution in [-0.2, 0) is 10.0 Å². The minimum absolute atomic E-state index is 0.0363. The maximum Gasteiger partial charge on any atom is 0.243 e. The summed E-state index contributed by atoms with van der Waals surface area (Å²) >= 11 is 0. The molecule has 1 aromatic rings. The fourth-order valence-corrected chi connectivity index (χ4v) is 4.60. The zero-order valence-corrected chi connectivity index (χ0v) is 11.9. The molecule has 0 radical (unpaired) electrons. The number of rotatable bonds is 2. The van der Waals surface area contributed by atoms with Gasteiger partial charge in [0, 0.05) is 19.1 Å². The molecule has 0 unspecified atom stereocenters. The molecule has 1 aliphatic rings. The first-order valence-corrected chi connectivity index (χ1v) is 7.60. The fourth-order valence-electron chi connectivity index (χ4n) is 2.68. The van der Waals surface area contributed by atoms with Gasteiger partial charge in [0.1, 0.15) is 0 Å². The first-order valence-electron chi connectivity index (χ1n) is 6.16. The van der Waals surface area contributed by atoms with E-state index in [0.717, 1.165) is 23.1 Å². The Labute approximate surface area is 109 Å². The van der Waals surface area contributed by atoms with Crippen LogP contribution in [0.1, 0.15) is 23.1 Å². The van der Waals surface area contributed by atoms with Crippen molar-refractivity contribution in [2.24, 2.45) is 5.73 Å². The summed E-state index contributed by atoms with van der Waals surface area (Å²) in [5, 5.41) is 0. The van der Waals surface area contributed by atoms with E-state index >= 15 is 0 Å². The average Bonchev–Trinajstić information content (AvgIpc) is 2.63. The molecule has 1 atom stereocenters. The van der Waals surface area contributed by atoms with Gasteiger partial charge < -0.3 is 5.73 Å². The van der Waals surface area contributed by atoms with E-state index in [1.165, 1.54) is 4.31 Å². The monoisotopic (exact) mass is 268 g/mol. The van der Waals surface area contributed by atoms with Gasteiger partial charge in [-0.1, -0.05) is 17.7 Å². The summed E-state index contributed by atoms with van der Waals surface area (Å²) in [7, 11) is -3.40. The second kappa shape index (κ2) is 4.64. The lowest BCUT2D eigenvalue weighted by Gasteiger charge is -2.19. The van der Waals surface area contributed by atoms with Crippen molar-refractivity contribution in [3.63, 3.8) is 0 Å². The molecule has 0 aromatic heterocycles. The van der Waals surface area contributed by atoms with E-state index in [2.05, 4.69) is 0 Å². The van der Waals surface area contributed by atoms with Gasteiger partial charge in [-0.2, -0.15) is 4.31 Å². The minimum atomic E-state index is -3.40. The Bertz CT molecular complexity index is 543. The Morgan fingerprint density at radius 3 is 2.22 bits per heavy atom. The van der Waals surface area contributed by atoms with Crippen LogP contribution in [0.15, 0.2) is 17.0 Å². The van der Waals surface area contributed by atoms with Crippen molar-refractivity contribution < 1.29 is 8.42 Å². The summed E-state index contributed by atoms with van der Waals surface area (Å²) in [6.45, 7) is 6.62. The lowest BCUT2D eigenvalue weighted by Crippen LogP contribution is -2.32. The normalized spacial score (nSPS) is 21.4. The van der Waals surface area contributed by atoms with Crippen LogP contribution in [0.5, 0.6) is 0 Å². The molecule has 0 aliphatic carbocycles. The van der Waals surface area contributed by atoms with Gasteiger partial charge in [-0.15, -0.1) is 0 Å². The van der Waals surface area contributed by atoms with Gasteiger partial charge in [-0.05, 0) is 38.3 Å². The quantitative estimate of drug-likeness (QED) is 0.880. The predicted molar refractivity (Wildman–Crippen MR) is 72.0 cm³/mol. The van der Waals surface area contributed by atoms with Gasteiger partial charge in [-0.25, -0.2) is 8.42 Å². The van der Waals surface area contributed by atoms with Gasteiger partial charge in [0.25, 0.3) is 0 Å². The Balaban J connectivity index is 2.48. The number of benzene rings is 1. The number of hydrogen-bond acceptors (Lipinski definition) is 3. The van der Waals surface area contributed by atoms with Crippen LogP contribution in [0.4, 0.5) is 0 Å². The van der Waals surface area contributed by atoms with Gasteiger partial charge in [0.15, 0.2) is 0 Å². The summed E-state index contributed by atoms with van der Waals surface area (Å²) in [5.74, 6) is 0. The van der Waals surface area contributed by atoms with Crippen molar-refractivity contribution in [3.8, 4) is 0 Å². The smallest absolute Gasteiger partial charge is 0.243 e. The third-order valence-corrected chi connectivity index (χ3v) is 5.56. The van der Waals surface area contributed by atoms with Crippen LogP contribution in [0, 0.1) is 20.8 Å². The lowest BCUT2D eigenvalue weighted by atomic mass is 10.1. The summed E-state index contributed by atoms with van der Waals surface area (Å²) in [4.78, 5) is 0.446. The highest BCUT2D eigenvalue weighted by molar-refractivity contribution is 7.89. The molecule has 0 saturated carbocycles. The molecule has 5 heteroatoms. The highest BCUT2D eigenvalue weighted by atomic mass is 32.2. The van der Waals surface area contributed by atoms with Crippen molar-refractivity contribution in [3.05, 3.63) is 28.8 Å². The standard InChI is InChI=1S/C13H20N2O2S/c1-9-6-10(2)13(11(3)7-9)18(16,17)15-5-4-12(14)8-15/h6-7,12H,4-5,8,14H2,1-3H3/t12-/m0/s1. The summed E-state index contributed by atoms with van der Waals surface area (Å²) in [5.41, 5.74) is 8.51. The summed E-state index contributed by atoms with van der Waals surface area (Å²) in [6.07, 6.45) is 0.739. The van der Waals surface area contributed by atoms with Crippen molar-refractivity contribution in [1.82, 2.24) is 4.31 Å². The van der Waals surface area contributed by atoms with Gasteiger partial charge in [0.05, 0.1) is 4.90 Å².